The van der Waals surface area contributed by atoms with E-state index in [0.29, 0.717) is 6.42 Å². The maximum atomic E-state index is 13.2. The number of amides is 2. The molecule has 5 heteroatoms. The summed E-state index contributed by atoms with van der Waals surface area (Å²) in [5.74, 6) is 1.74. The van der Waals surface area contributed by atoms with Crippen LogP contribution in [0.1, 0.15) is 22.6 Å². The average Bonchev–Trinajstić information content (AvgIpc) is 2.82. The summed E-state index contributed by atoms with van der Waals surface area (Å²) in [6, 6.07) is 27.2. The lowest BCUT2D eigenvalue weighted by molar-refractivity contribution is -0.130. The highest BCUT2D eigenvalue weighted by molar-refractivity contribution is 7.99. The van der Waals surface area contributed by atoms with E-state index in [1.54, 1.807) is 0 Å². The number of anilines is 1. The molecule has 1 N–H and O–H groups in total. The molecular weight excluding hydrogens is 404 g/mol. The second kappa shape index (κ2) is 10.3. The molecule has 158 valence electrons. The van der Waals surface area contributed by atoms with Gasteiger partial charge in [0.1, 0.15) is 0 Å². The van der Waals surface area contributed by atoms with Crippen molar-refractivity contribution in [3.63, 3.8) is 0 Å². The van der Waals surface area contributed by atoms with Crippen molar-refractivity contribution in [1.29, 1.82) is 0 Å². The second-order valence-electron chi connectivity index (χ2n) is 7.61. The predicted octanol–water partition coefficient (Wildman–Crippen LogP) is 4.58. The zero-order valence-electron chi connectivity index (χ0n) is 17.4. The van der Waals surface area contributed by atoms with Gasteiger partial charge in [0.15, 0.2) is 0 Å². The lowest BCUT2D eigenvalue weighted by Crippen LogP contribution is -2.38. The predicted molar refractivity (Wildman–Crippen MR) is 127 cm³/mol. The molecule has 0 aromatic heterocycles. The Balaban J connectivity index is 1.45. The fraction of sp³-hybridized carbons (Fsp3) is 0.231. The Labute approximate surface area is 187 Å². The topological polar surface area (TPSA) is 49.4 Å². The number of hydrogen-bond acceptors (Lipinski definition) is 3. The number of carbonyl (C=O) groups is 2. The third-order valence-corrected chi connectivity index (χ3v) is 6.41. The number of rotatable bonds is 6. The third-order valence-electron chi connectivity index (χ3n) is 5.47. The highest BCUT2D eigenvalue weighted by Crippen LogP contribution is 2.26. The molecular formula is C26H26N2O2S. The van der Waals surface area contributed by atoms with Crippen molar-refractivity contribution in [3.05, 3.63) is 102 Å². The van der Waals surface area contributed by atoms with Gasteiger partial charge >= 0.3 is 0 Å². The molecule has 0 bridgehead atoms. The standard InChI is InChI=1S/C26H26N2O2S/c29-24(28-15-17-31-18-16-28)19-20-11-13-23(14-12-20)27-26(30)25(21-7-3-1-4-8-21)22-9-5-2-6-10-22/h1-14,25H,15-19H2,(H,27,30). The summed E-state index contributed by atoms with van der Waals surface area (Å²) in [5.41, 5.74) is 3.59. The number of thioether (sulfide) groups is 1. The van der Waals surface area contributed by atoms with Crippen molar-refractivity contribution in [2.45, 2.75) is 12.3 Å². The number of hydrogen-bond donors (Lipinski definition) is 1. The average molecular weight is 431 g/mol. The Morgan fingerprint density at radius 1 is 0.806 bits per heavy atom. The Morgan fingerprint density at radius 2 is 1.35 bits per heavy atom. The summed E-state index contributed by atoms with van der Waals surface area (Å²) in [5, 5.41) is 3.05. The molecule has 0 aliphatic carbocycles. The van der Waals surface area contributed by atoms with Crippen molar-refractivity contribution in [1.82, 2.24) is 4.90 Å². The summed E-state index contributed by atoms with van der Waals surface area (Å²) in [4.78, 5) is 27.6. The number of nitrogens with zero attached hydrogens (tertiary/aromatic N) is 1. The molecule has 4 rings (SSSR count). The smallest absolute Gasteiger partial charge is 0.236 e. The van der Waals surface area contributed by atoms with Gasteiger partial charge in [-0.2, -0.15) is 11.8 Å². The van der Waals surface area contributed by atoms with Crippen LogP contribution in [0.5, 0.6) is 0 Å². The summed E-state index contributed by atoms with van der Waals surface area (Å²) in [6.07, 6.45) is 0.398. The van der Waals surface area contributed by atoms with E-state index in [4.69, 9.17) is 0 Å². The summed E-state index contributed by atoms with van der Waals surface area (Å²) < 4.78 is 0. The second-order valence-corrected chi connectivity index (χ2v) is 8.84. The van der Waals surface area contributed by atoms with Crippen LogP contribution in [0.3, 0.4) is 0 Å². The molecule has 1 saturated heterocycles. The minimum absolute atomic E-state index is 0.0768. The Bertz CT molecular complexity index is 961. The van der Waals surface area contributed by atoms with Crippen LogP contribution < -0.4 is 5.32 Å². The molecule has 0 radical (unpaired) electrons. The molecule has 0 atom stereocenters. The van der Waals surface area contributed by atoms with Crippen molar-refractivity contribution >= 4 is 29.3 Å². The monoisotopic (exact) mass is 430 g/mol. The van der Waals surface area contributed by atoms with E-state index < -0.39 is 0 Å². The number of benzene rings is 3. The molecule has 3 aromatic rings. The molecule has 4 nitrogen and oxygen atoms in total. The van der Waals surface area contributed by atoms with Crippen LogP contribution in [0.4, 0.5) is 5.69 Å². The highest BCUT2D eigenvalue weighted by atomic mass is 32.2. The molecule has 0 unspecified atom stereocenters. The van der Waals surface area contributed by atoms with Crippen LogP contribution in [0.15, 0.2) is 84.9 Å². The lowest BCUT2D eigenvalue weighted by Gasteiger charge is -2.26. The van der Waals surface area contributed by atoms with E-state index in [1.807, 2.05) is 102 Å². The molecule has 1 aliphatic heterocycles. The molecule has 31 heavy (non-hydrogen) atoms. The van der Waals surface area contributed by atoms with Crippen LogP contribution in [-0.4, -0.2) is 41.3 Å². The van der Waals surface area contributed by atoms with Crippen LogP contribution >= 0.6 is 11.8 Å². The molecule has 1 heterocycles. The maximum Gasteiger partial charge on any atom is 0.236 e. The van der Waals surface area contributed by atoms with Gasteiger partial charge in [0.2, 0.25) is 11.8 Å². The largest absolute Gasteiger partial charge is 0.341 e. The van der Waals surface area contributed by atoms with Gasteiger partial charge < -0.3 is 10.2 Å². The maximum absolute atomic E-state index is 13.2. The van der Waals surface area contributed by atoms with Gasteiger partial charge in [-0.1, -0.05) is 72.8 Å². The fourth-order valence-corrected chi connectivity index (χ4v) is 4.71. The normalized spacial score (nSPS) is 13.8. The van der Waals surface area contributed by atoms with Crippen LogP contribution in [-0.2, 0) is 16.0 Å². The summed E-state index contributed by atoms with van der Waals surface area (Å²) >= 11 is 1.89. The van der Waals surface area contributed by atoms with E-state index in [1.165, 1.54) is 0 Å². The first-order valence-corrected chi connectivity index (χ1v) is 11.7. The Morgan fingerprint density at radius 3 is 1.90 bits per heavy atom. The number of carbonyl (C=O) groups excluding carboxylic acids is 2. The summed E-state index contributed by atoms with van der Waals surface area (Å²) in [6.45, 7) is 1.66. The molecule has 0 saturated carbocycles. The first-order chi connectivity index (χ1) is 15.2. The van der Waals surface area contributed by atoms with Gasteiger partial charge in [-0.05, 0) is 28.8 Å². The van der Waals surface area contributed by atoms with Crippen LogP contribution in [0.2, 0.25) is 0 Å². The third kappa shape index (κ3) is 5.56. The van der Waals surface area contributed by atoms with Gasteiger partial charge in [0.05, 0.1) is 12.3 Å². The first kappa shape index (κ1) is 21.2. The van der Waals surface area contributed by atoms with Gasteiger partial charge in [0.25, 0.3) is 0 Å². The van der Waals surface area contributed by atoms with Crippen LogP contribution in [0, 0.1) is 0 Å². The van der Waals surface area contributed by atoms with Gasteiger partial charge in [-0.3, -0.25) is 9.59 Å². The quantitative estimate of drug-likeness (QED) is 0.623. The van der Waals surface area contributed by atoms with E-state index in [9.17, 15) is 9.59 Å². The molecule has 2 amide bonds. The van der Waals surface area contributed by atoms with Crippen molar-refractivity contribution < 1.29 is 9.59 Å². The summed E-state index contributed by atoms with van der Waals surface area (Å²) in [7, 11) is 0. The van der Waals surface area contributed by atoms with Crippen molar-refractivity contribution in [2.24, 2.45) is 0 Å². The number of nitrogens with one attached hydrogen (secondary N) is 1. The zero-order chi connectivity index (χ0) is 21.5. The minimum atomic E-state index is -0.388. The zero-order valence-corrected chi connectivity index (χ0v) is 18.2. The molecule has 3 aromatic carbocycles. The lowest BCUT2D eigenvalue weighted by atomic mass is 9.90. The van der Waals surface area contributed by atoms with Gasteiger partial charge in [-0.25, -0.2) is 0 Å². The molecule has 1 aliphatic rings. The van der Waals surface area contributed by atoms with Crippen molar-refractivity contribution in [2.75, 3.05) is 29.9 Å². The molecule has 1 fully saturated rings. The van der Waals surface area contributed by atoms with Crippen molar-refractivity contribution in [3.8, 4) is 0 Å². The minimum Gasteiger partial charge on any atom is -0.341 e. The van der Waals surface area contributed by atoms with Gasteiger partial charge in [-0.15, -0.1) is 0 Å². The van der Waals surface area contributed by atoms with E-state index in [-0.39, 0.29) is 17.7 Å². The first-order valence-electron chi connectivity index (χ1n) is 10.6. The Kier molecular flexibility index (Phi) is 7.05. The van der Waals surface area contributed by atoms with E-state index >= 15 is 0 Å². The molecule has 0 spiro atoms. The Hall–Kier alpha value is -3.05. The highest BCUT2D eigenvalue weighted by Gasteiger charge is 2.23. The van der Waals surface area contributed by atoms with Crippen LogP contribution in [0.25, 0.3) is 0 Å². The fourth-order valence-electron chi connectivity index (χ4n) is 3.81. The van der Waals surface area contributed by atoms with E-state index in [0.717, 1.165) is 47.0 Å². The SMILES string of the molecule is O=C(Nc1ccc(CC(=O)N2CCSCC2)cc1)C(c1ccccc1)c1ccccc1. The van der Waals surface area contributed by atoms with Gasteiger partial charge in [0, 0.05) is 30.3 Å². The van der Waals surface area contributed by atoms with E-state index in [2.05, 4.69) is 5.32 Å².